The van der Waals surface area contributed by atoms with Crippen molar-refractivity contribution in [3.8, 4) is 0 Å². The van der Waals surface area contributed by atoms with Crippen molar-refractivity contribution in [1.82, 2.24) is 4.98 Å². The molecular formula is C11H15N3OS2. The molecule has 1 aromatic heterocycles. The lowest BCUT2D eigenvalue weighted by molar-refractivity contribution is -0.127. The van der Waals surface area contributed by atoms with Crippen molar-refractivity contribution < 1.29 is 4.79 Å². The predicted molar refractivity (Wildman–Crippen MR) is 73.1 cm³/mol. The van der Waals surface area contributed by atoms with Crippen LogP contribution in [0.5, 0.6) is 0 Å². The third-order valence-corrected chi connectivity index (χ3v) is 4.41. The van der Waals surface area contributed by atoms with Gasteiger partial charge in [0.15, 0.2) is 5.13 Å². The average Bonchev–Trinajstić information content (AvgIpc) is 2.58. The maximum atomic E-state index is 12.2. The van der Waals surface area contributed by atoms with Gasteiger partial charge in [0.25, 0.3) is 0 Å². The van der Waals surface area contributed by atoms with E-state index in [0.717, 1.165) is 18.5 Å². The van der Waals surface area contributed by atoms with Crippen LogP contribution < -0.4 is 11.1 Å². The molecule has 6 heteroatoms. The lowest BCUT2D eigenvalue weighted by atomic mass is 9.62. The smallest absolute Gasteiger partial charge is 0.239 e. The average molecular weight is 269 g/mol. The topological polar surface area (TPSA) is 68.0 Å². The lowest BCUT2D eigenvalue weighted by Crippen LogP contribution is -2.53. The molecule has 1 aliphatic rings. The zero-order chi connectivity index (χ0) is 12.6. The minimum Gasteiger partial charge on any atom is -0.392 e. The minimum atomic E-state index is -0.658. The molecule has 1 aliphatic carbocycles. The number of aryl methyl sites for hydroxylation is 1. The van der Waals surface area contributed by atoms with Crippen LogP contribution in [-0.2, 0) is 4.79 Å². The second kappa shape index (κ2) is 4.34. The van der Waals surface area contributed by atoms with Crippen LogP contribution in [0.4, 0.5) is 5.13 Å². The van der Waals surface area contributed by atoms with Crippen LogP contribution in [0, 0.1) is 18.3 Å². The molecule has 3 N–H and O–H groups in total. The van der Waals surface area contributed by atoms with Crippen molar-refractivity contribution in [1.29, 1.82) is 0 Å². The van der Waals surface area contributed by atoms with E-state index in [2.05, 4.69) is 17.2 Å². The van der Waals surface area contributed by atoms with Gasteiger partial charge in [0.2, 0.25) is 5.91 Å². The molecule has 0 radical (unpaired) electrons. The fourth-order valence-electron chi connectivity index (χ4n) is 2.26. The van der Waals surface area contributed by atoms with Crippen LogP contribution in [0.2, 0.25) is 0 Å². The van der Waals surface area contributed by atoms with Crippen molar-refractivity contribution in [2.24, 2.45) is 17.1 Å². The van der Waals surface area contributed by atoms with Gasteiger partial charge in [-0.15, -0.1) is 11.3 Å². The molecule has 0 atom stereocenters. The van der Waals surface area contributed by atoms with E-state index < -0.39 is 5.41 Å². The Labute approximate surface area is 110 Å². The fraction of sp³-hybridized carbons (Fsp3) is 0.545. The molecule has 0 saturated heterocycles. The van der Waals surface area contributed by atoms with Crippen LogP contribution in [0.3, 0.4) is 0 Å². The Morgan fingerprint density at radius 1 is 1.71 bits per heavy atom. The summed E-state index contributed by atoms with van der Waals surface area (Å²) in [5.74, 6) is 0.387. The number of hydrogen-bond donors (Lipinski definition) is 2. The lowest BCUT2D eigenvalue weighted by Gasteiger charge is -2.43. The number of nitrogens with zero attached hydrogens (tertiary/aromatic N) is 1. The Hall–Kier alpha value is -1.01. The first-order chi connectivity index (χ1) is 7.94. The molecule has 0 aliphatic heterocycles. The fourth-order valence-corrected chi connectivity index (χ4v) is 3.20. The number of nitrogens with one attached hydrogen (secondary N) is 1. The molecular weight excluding hydrogens is 254 g/mol. The Morgan fingerprint density at radius 2 is 2.35 bits per heavy atom. The van der Waals surface area contributed by atoms with E-state index in [1.54, 1.807) is 0 Å². The van der Waals surface area contributed by atoms with Crippen molar-refractivity contribution in [3.63, 3.8) is 0 Å². The molecule has 92 valence electrons. The number of amides is 1. The van der Waals surface area contributed by atoms with Crippen LogP contribution in [0.15, 0.2) is 5.38 Å². The standard InChI is InChI=1S/C11H15N3OS2/c1-6-3-11(4-6,8(12)16)9(15)14-10-13-7(2)5-17-10/h5-6H,3-4H2,1-2H3,(H2,12,16)(H,13,14,15). The Bertz CT molecular complexity index is 463. The molecule has 1 heterocycles. The number of anilines is 1. The van der Waals surface area contributed by atoms with E-state index in [-0.39, 0.29) is 5.91 Å². The molecule has 2 rings (SSSR count). The largest absolute Gasteiger partial charge is 0.392 e. The molecule has 0 spiro atoms. The summed E-state index contributed by atoms with van der Waals surface area (Å²) >= 11 is 6.45. The first-order valence-electron chi connectivity index (χ1n) is 5.47. The van der Waals surface area contributed by atoms with Crippen LogP contribution in [0.1, 0.15) is 25.5 Å². The number of rotatable bonds is 3. The van der Waals surface area contributed by atoms with Gasteiger partial charge in [-0.3, -0.25) is 4.79 Å². The van der Waals surface area contributed by atoms with Gasteiger partial charge in [-0.25, -0.2) is 4.98 Å². The highest BCUT2D eigenvalue weighted by Gasteiger charge is 2.51. The van der Waals surface area contributed by atoms with E-state index in [4.69, 9.17) is 18.0 Å². The van der Waals surface area contributed by atoms with E-state index >= 15 is 0 Å². The molecule has 17 heavy (non-hydrogen) atoms. The zero-order valence-electron chi connectivity index (χ0n) is 9.82. The predicted octanol–water partition coefficient (Wildman–Crippen LogP) is 2.09. The van der Waals surface area contributed by atoms with Gasteiger partial charge in [-0.05, 0) is 25.7 Å². The van der Waals surface area contributed by atoms with Gasteiger partial charge in [0.05, 0.1) is 16.1 Å². The molecule has 0 unspecified atom stereocenters. The third kappa shape index (κ3) is 2.19. The van der Waals surface area contributed by atoms with Gasteiger partial charge in [-0.1, -0.05) is 19.1 Å². The van der Waals surface area contributed by atoms with Gasteiger partial charge in [-0.2, -0.15) is 0 Å². The van der Waals surface area contributed by atoms with Gasteiger partial charge >= 0.3 is 0 Å². The Balaban J connectivity index is 2.11. The number of thiazole rings is 1. The summed E-state index contributed by atoms with van der Waals surface area (Å²) in [7, 11) is 0. The molecule has 0 aromatic carbocycles. The SMILES string of the molecule is Cc1csc(NC(=O)C2(C(N)=S)CC(C)C2)n1. The Kier molecular flexibility index (Phi) is 3.18. The summed E-state index contributed by atoms with van der Waals surface area (Å²) in [6, 6.07) is 0. The van der Waals surface area contributed by atoms with Gasteiger partial charge < -0.3 is 11.1 Å². The van der Waals surface area contributed by atoms with Gasteiger partial charge in [0, 0.05) is 5.38 Å². The molecule has 1 aromatic rings. The maximum Gasteiger partial charge on any atom is 0.239 e. The quantitative estimate of drug-likeness (QED) is 0.825. The molecule has 1 amide bonds. The highest BCUT2D eigenvalue weighted by atomic mass is 32.1. The summed E-state index contributed by atoms with van der Waals surface area (Å²) < 4.78 is 0. The van der Waals surface area contributed by atoms with Crippen LogP contribution >= 0.6 is 23.6 Å². The summed E-state index contributed by atoms with van der Waals surface area (Å²) in [4.78, 5) is 16.7. The number of aromatic nitrogens is 1. The Morgan fingerprint density at radius 3 is 2.76 bits per heavy atom. The first kappa shape index (κ1) is 12.4. The van der Waals surface area contributed by atoms with Crippen molar-refractivity contribution in [2.45, 2.75) is 26.7 Å². The van der Waals surface area contributed by atoms with Crippen molar-refractivity contribution >= 4 is 39.6 Å². The minimum absolute atomic E-state index is 0.113. The number of nitrogens with two attached hydrogens (primary N) is 1. The van der Waals surface area contributed by atoms with E-state index in [0.29, 0.717) is 16.0 Å². The normalized spacial score (nSPS) is 27.3. The molecule has 1 saturated carbocycles. The maximum absolute atomic E-state index is 12.2. The second-order valence-corrected chi connectivity index (χ2v) is 6.01. The molecule has 1 fully saturated rings. The zero-order valence-corrected chi connectivity index (χ0v) is 11.5. The van der Waals surface area contributed by atoms with E-state index in [9.17, 15) is 4.79 Å². The van der Waals surface area contributed by atoms with E-state index in [1.165, 1.54) is 11.3 Å². The van der Waals surface area contributed by atoms with Crippen molar-refractivity contribution in [3.05, 3.63) is 11.1 Å². The molecule has 0 bridgehead atoms. The number of thiocarbonyl (C=S) groups is 1. The highest BCUT2D eigenvalue weighted by molar-refractivity contribution is 7.80. The van der Waals surface area contributed by atoms with Crippen molar-refractivity contribution in [2.75, 3.05) is 5.32 Å². The summed E-state index contributed by atoms with van der Waals surface area (Å²) in [6.45, 7) is 3.98. The third-order valence-electron chi connectivity index (χ3n) is 3.14. The van der Waals surface area contributed by atoms with E-state index in [1.807, 2.05) is 12.3 Å². The number of carbonyl (C=O) groups is 1. The summed E-state index contributed by atoms with van der Waals surface area (Å²) in [6.07, 6.45) is 1.47. The van der Waals surface area contributed by atoms with Gasteiger partial charge in [0.1, 0.15) is 0 Å². The summed E-state index contributed by atoms with van der Waals surface area (Å²) in [5.41, 5.74) is 5.95. The van der Waals surface area contributed by atoms with Crippen LogP contribution in [-0.4, -0.2) is 15.9 Å². The monoisotopic (exact) mass is 269 g/mol. The highest BCUT2D eigenvalue weighted by Crippen LogP contribution is 2.46. The number of hydrogen-bond acceptors (Lipinski definition) is 4. The molecule has 4 nitrogen and oxygen atoms in total. The summed E-state index contributed by atoms with van der Waals surface area (Å²) in [5, 5.41) is 5.32. The number of carbonyl (C=O) groups excluding carboxylic acids is 1. The second-order valence-electron chi connectivity index (χ2n) is 4.71. The first-order valence-corrected chi connectivity index (χ1v) is 6.76. The van der Waals surface area contributed by atoms with Crippen LogP contribution in [0.25, 0.3) is 0 Å².